The van der Waals surface area contributed by atoms with E-state index >= 15 is 0 Å². The number of carbonyl (C=O) groups is 1. The summed E-state index contributed by atoms with van der Waals surface area (Å²) in [6, 6.07) is 9.90. The van der Waals surface area contributed by atoms with E-state index < -0.39 is 10.0 Å². The van der Waals surface area contributed by atoms with E-state index in [0.717, 1.165) is 23.6 Å². The Morgan fingerprint density at radius 2 is 2.11 bits per heavy atom. The molecule has 1 aromatic carbocycles. The lowest BCUT2D eigenvalue weighted by molar-refractivity contribution is 0.0555. The van der Waals surface area contributed by atoms with E-state index in [2.05, 4.69) is 4.72 Å². The van der Waals surface area contributed by atoms with Gasteiger partial charge in [0.2, 0.25) is 10.0 Å². The third-order valence-corrected chi connectivity index (χ3v) is 6.50. The van der Waals surface area contributed by atoms with Gasteiger partial charge in [0.15, 0.2) is 0 Å². The van der Waals surface area contributed by atoms with Gasteiger partial charge in [-0.1, -0.05) is 18.2 Å². The van der Waals surface area contributed by atoms with E-state index in [4.69, 9.17) is 4.74 Å². The Bertz CT molecular complexity index is 968. The summed E-state index contributed by atoms with van der Waals surface area (Å²) in [5, 5.41) is 1.05. The molecule has 27 heavy (non-hydrogen) atoms. The lowest BCUT2D eigenvalue weighted by Gasteiger charge is -2.36. The summed E-state index contributed by atoms with van der Waals surface area (Å²) in [7, 11) is -1.34. The predicted molar refractivity (Wildman–Crippen MR) is 103 cm³/mol. The van der Waals surface area contributed by atoms with Gasteiger partial charge < -0.3 is 14.2 Å². The van der Waals surface area contributed by atoms with E-state index in [1.807, 2.05) is 46.8 Å². The van der Waals surface area contributed by atoms with Crippen molar-refractivity contribution in [1.29, 1.82) is 0 Å². The van der Waals surface area contributed by atoms with Crippen molar-refractivity contribution < 1.29 is 17.9 Å². The lowest BCUT2D eigenvalue weighted by Crippen LogP contribution is -2.47. The van der Waals surface area contributed by atoms with Crippen molar-refractivity contribution in [3.8, 4) is 0 Å². The Morgan fingerprint density at radius 1 is 1.33 bits per heavy atom. The van der Waals surface area contributed by atoms with Gasteiger partial charge in [-0.3, -0.25) is 4.79 Å². The summed E-state index contributed by atoms with van der Waals surface area (Å²) in [6.45, 7) is 2.20. The number of amides is 1. The minimum Gasteiger partial charge on any atom is -0.376 e. The number of carbonyl (C=O) groups excluding carboxylic acids is 1. The van der Waals surface area contributed by atoms with Crippen molar-refractivity contribution in [1.82, 2.24) is 14.2 Å². The molecule has 0 bridgehead atoms. The van der Waals surface area contributed by atoms with Crippen LogP contribution in [0.15, 0.2) is 30.3 Å². The number of sulfonamides is 1. The maximum atomic E-state index is 13.2. The van der Waals surface area contributed by atoms with Crippen LogP contribution < -0.4 is 4.72 Å². The van der Waals surface area contributed by atoms with Crippen LogP contribution >= 0.6 is 0 Å². The van der Waals surface area contributed by atoms with E-state index in [9.17, 15) is 13.2 Å². The number of benzene rings is 1. The zero-order chi connectivity index (χ0) is 19.2. The van der Waals surface area contributed by atoms with Gasteiger partial charge in [0.1, 0.15) is 5.69 Å². The summed E-state index contributed by atoms with van der Waals surface area (Å²) in [6.07, 6.45) is 1.85. The van der Waals surface area contributed by atoms with Gasteiger partial charge in [-0.2, -0.15) is 0 Å². The van der Waals surface area contributed by atoms with E-state index in [1.165, 1.54) is 0 Å². The number of ether oxygens (including phenoxy) is 1. The predicted octanol–water partition coefficient (Wildman–Crippen LogP) is 1.20. The molecule has 4 rings (SSSR count). The van der Waals surface area contributed by atoms with Crippen LogP contribution in [0.3, 0.4) is 0 Å². The van der Waals surface area contributed by atoms with Crippen molar-refractivity contribution in [2.75, 3.05) is 32.5 Å². The Kier molecular flexibility index (Phi) is 4.73. The van der Waals surface area contributed by atoms with Crippen LogP contribution in [-0.2, 0) is 21.8 Å². The summed E-state index contributed by atoms with van der Waals surface area (Å²) < 4.78 is 33.1. The second-order valence-corrected chi connectivity index (χ2v) is 9.44. The molecule has 1 N–H and O–H groups in total. The molecule has 7 nitrogen and oxygen atoms in total. The molecule has 146 valence electrons. The standard InChI is InChI=1S/C19H25N3O4S/c1-21-16-6-4-3-5-13(16)9-17(21)19(23)22-8-7-14-12-26-18(15(14)11-22)10-20-27(2,24)25/h3-6,9,14-15,18,20H,7-8,10-12H2,1-2H3/t14-,15-,18+/m0/s1. The minimum atomic E-state index is -3.26. The van der Waals surface area contributed by atoms with Crippen molar-refractivity contribution in [3.63, 3.8) is 0 Å². The molecule has 2 fully saturated rings. The first-order valence-corrected chi connectivity index (χ1v) is 11.1. The van der Waals surface area contributed by atoms with Crippen molar-refractivity contribution >= 4 is 26.8 Å². The van der Waals surface area contributed by atoms with E-state index in [-0.39, 0.29) is 24.5 Å². The molecule has 3 atom stereocenters. The average molecular weight is 391 g/mol. The molecule has 1 aromatic heterocycles. The number of aryl methyl sites for hydroxylation is 1. The van der Waals surface area contributed by atoms with Gasteiger partial charge in [0, 0.05) is 43.5 Å². The molecule has 2 aliphatic heterocycles. The normalized spacial score (nSPS) is 25.7. The molecule has 1 amide bonds. The Balaban J connectivity index is 1.51. The maximum absolute atomic E-state index is 13.2. The average Bonchev–Trinajstić information content (AvgIpc) is 3.20. The molecule has 0 unspecified atom stereocenters. The smallest absolute Gasteiger partial charge is 0.270 e. The number of nitrogens with zero attached hydrogens (tertiary/aromatic N) is 2. The quantitative estimate of drug-likeness (QED) is 0.849. The van der Waals surface area contributed by atoms with Crippen LogP contribution in [0.1, 0.15) is 16.9 Å². The minimum absolute atomic E-state index is 0.0221. The molecular formula is C19H25N3O4S. The van der Waals surface area contributed by atoms with Crippen LogP contribution in [0.25, 0.3) is 10.9 Å². The number of aromatic nitrogens is 1. The Hall–Kier alpha value is -1.90. The highest BCUT2D eigenvalue weighted by molar-refractivity contribution is 7.88. The van der Waals surface area contributed by atoms with Gasteiger partial charge in [-0.15, -0.1) is 0 Å². The first-order valence-electron chi connectivity index (χ1n) is 9.23. The molecular weight excluding hydrogens is 366 g/mol. The van der Waals surface area contributed by atoms with Crippen molar-refractivity contribution in [3.05, 3.63) is 36.0 Å². The summed E-state index contributed by atoms with van der Waals surface area (Å²) >= 11 is 0. The third-order valence-electron chi connectivity index (χ3n) is 5.81. The fourth-order valence-electron chi connectivity index (χ4n) is 4.31. The highest BCUT2D eigenvalue weighted by Crippen LogP contribution is 2.34. The Morgan fingerprint density at radius 3 is 2.85 bits per heavy atom. The number of para-hydroxylation sites is 1. The van der Waals surface area contributed by atoms with Gasteiger partial charge in [0.25, 0.3) is 5.91 Å². The SMILES string of the molecule is Cn1c(C(=O)N2CC[C@H]3CO[C@H](CNS(C)(=O)=O)[C@H]3C2)cc2ccccc21. The number of piperidine rings is 1. The number of fused-ring (bicyclic) bond motifs is 2. The first-order chi connectivity index (χ1) is 12.8. The van der Waals surface area contributed by atoms with Gasteiger partial charge >= 0.3 is 0 Å². The third kappa shape index (κ3) is 3.61. The number of likely N-dealkylation sites (tertiary alicyclic amines) is 1. The number of hydrogen-bond donors (Lipinski definition) is 1. The summed E-state index contributed by atoms with van der Waals surface area (Å²) in [4.78, 5) is 15.0. The molecule has 0 radical (unpaired) electrons. The number of hydrogen-bond acceptors (Lipinski definition) is 4. The van der Waals surface area contributed by atoms with Crippen LogP contribution in [0.4, 0.5) is 0 Å². The molecule has 0 spiro atoms. The second-order valence-electron chi connectivity index (χ2n) is 7.60. The molecule has 2 saturated heterocycles. The number of nitrogens with one attached hydrogen (secondary N) is 1. The van der Waals surface area contributed by atoms with Crippen LogP contribution in [0, 0.1) is 11.8 Å². The van der Waals surface area contributed by atoms with Crippen molar-refractivity contribution in [2.45, 2.75) is 12.5 Å². The largest absolute Gasteiger partial charge is 0.376 e. The van der Waals surface area contributed by atoms with Crippen LogP contribution in [-0.4, -0.2) is 62.4 Å². The molecule has 0 saturated carbocycles. The molecule has 3 heterocycles. The Labute approximate surface area is 159 Å². The topological polar surface area (TPSA) is 80.6 Å². The zero-order valence-corrected chi connectivity index (χ0v) is 16.4. The van der Waals surface area contributed by atoms with E-state index in [1.54, 1.807) is 0 Å². The molecule has 2 aromatic rings. The molecule has 2 aliphatic rings. The monoisotopic (exact) mass is 391 g/mol. The van der Waals surface area contributed by atoms with E-state index in [0.29, 0.717) is 31.3 Å². The first kappa shape index (κ1) is 18.5. The van der Waals surface area contributed by atoms with Gasteiger partial charge in [0.05, 0.1) is 19.0 Å². The van der Waals surface area contributed by atoms with Gasteiger partial charge in [-0.05, 0) is 24.5 Å². The van der Waals surface area contributed by atoms with Crippen LogP contribution in [0.2, 0.25) is 0 Å². The highest BCUT2D eigenvalue weighted by Gasteiger charge is 2.42. The number of rotatable bonds is 4. The fraction of sp³-hybridized carbons (Fsp3) is 0.526. The maximum Gasteiger partial charge on any atom is 0.270 e. The fourth-order valence-corrected chi connectivity index (χ4v) is 4.78. The van der Waals surface area contributed by atoms with Crippen molar-refractivity contribution in [2.24, 2.45) is 18.9 Å². The second kappa shape index (κ2) is 6.92. The summed E-state index contributed by atoms with van der Waals surface area (Å²) in [5.74, 6) is 0.563. The highest BCUT2D eigenvalue weighted by atomic mass is 32.2. The molecule has 0 aliphatic carbocycles. The van der Waals surface area contributed by atoms with Gasteiger partial charge in [-0.25, -0.2) is 13.1 Å². The zero-order valence-electron chi connectivity index (χ0n) is 15.6. The van der Waals surface area contributed by atoms with Crippen LogP contribution in [0.5, 0.6) is 0 Å². The molecule has 8 heteroatoms. The lowest BCUT2D eigenvalue weighted by atomic mass is 9.84. The summed E-state index contributed by atoms with van der Waals surface area (Å²) in [5.41, 5.74) is 1.72.